The number of likely N-dealkylation sites (N-methyl/N-ethyl adjacent to an activating group) is 1. The number of nitrogens with two attached hydrogens (primary N) is 1. The first-order chi connectivity index (χ1) is 16.2. The Balaban J connectivity index is 1.58. The van der Waals surface area contributed by atoms with Crippen molar-refractivity contribution in [2.24, 2.45) is 40.2 Å². The van der Waals surface area contributed by atoms with Gasteiger partial charge in [-0.25, -0.2) is 9.28 Å². The van der Waals surface area contributed by atoms with Crippen molar-refractivity contribution >= 4 is 33.4 Å². The van der Waals surface area contributed by atoms with Crippen molar-refractivity contribution in [1.29, 1.82) is 0 Å². The third-order valence-electron chi connectivity index (χ3n) is 10.5. The van der Waals surface area contributed by atoms with E-state index in [0.717, 1.165) is 38.2 Å². The number of primary amides is 1. The molecule has 8 heteroatoms. The monoisotopic (exact) mass is 553 g/mol. The summed E-state index contributed by atoms with van der Waals surface area (Å²) in [5, 5.41) is 0. The van der Waals surface area contributed by atoms with E-state index < -0.39 is 17.2 Å². The van der Waals surface area contributed by atoms with Crippen LogP contribution in [0.5, 0.6) is 0 Å². The minimum Gasteiger partial charge on any atom is -0.369 e. The number of hydrogen-bond acceptors (Lipinski definition) is 2. The fourth-order valence-electron chi connectivity index (χ4n) is 8.87. The number of halogens is 4. The van der Waals surface area contributed by atoms with Crippen molar-refractivity contribution in [2.75, 3.05) is 7.05 Å². The van der Waals surface area contributed by atoms with E-state index in [1.54, 1.807) is 13.1 Å². The quantitative estimate of drug-likeness (QED) is 0.442. The van der Waals surface area contributed by atoms with Crippen LogP contribution in [0.2, 0.25) is 0 Å². The van der Waals surface area contributed by atoms with Crippen molar-refractivity contribution in [3.05, 3.63) is 40.4 Å². The number of benzene rings is 1. The van der Waals surface area contributed by atoms with Crippen LogP contribution < -0.4 is 10.2 Å². The highest BCUT2D eigenvalue weighted by Gasteiger charge is 2.65. The molecule has 3 fully saturated rings. The van der Waals surface area contributed by atoms with Crippen molar-refractivity contribution in [3.8, 4) is 0 Å². The van der Waals surface area contributed by atoms with E-state index in [1.807, 2.05) is 6.08 Å². The molecule has 1 heterocycles. The van der Waals surface area contributed by atoms with Gasteiger partial charge >= 0.3 is 12.1 Å². The molecule has 5 rings (SSSR count). The summed E-state index contributed by atoms with van der Waals surface area (Å²) in [6.45, 7) is 4.35. The summed E-state index contributed by atoms with van der Waals surface area (Å²) in [5.74, 6) is 0.361. The summed E-state index contributed by atoms with van der Waals surface area (Å²) < 4.78 is 42.5. The normalized spacial score (nSPS) is 42.8. The number of rotatable bonds is 2. The van der Waals surface area contributed by atoms with Gasteiger partial charge in [0.15, 0.2) is 5.69 Å². The van der Waals surface area contributed by atoms with Gasteiger partial charge in [-0.2, -0.15) is 13.2 Å². The topological polar surface area (TPSA) is 60.2 Å². The summed E-state index contributed by atoms with van der Waals surface area (Å²) in [5.41, 5.74) is 4.49. The van der Waals surface area contributed by atoms with Crippen LogP contribution in [0.25, 0.3) is 0 Å². The van der Waals surface area contributed by atoms with Gasteiger partial charge in [0.05, 0.1) is 7.05 Å². The molecule has 0 radical (unpaired) electrons. The summed E-state index contributed by atoms with van der Waals surface area (Å²) in [6, 6.07) is 3.85. The zero-order valence-electron chi connectivity index (χ0n) is 20.4. The molecule has 1 aliphatic heterocycles. The summed E-state index contributed by atoms with van der Waals surface area (Å²) in [6.07, 6.45) is 4.00. The molecule has 4 nitrogen and oxygen atoms in total. The van der Waals surface area contributed by atoms with Crippen molar-refractivity contribution < 1.29 is 22.8 Å². The molecule has 0 spiro atoms. The summed E-state index contributed by atoms with van der Waals surface area (Å²) in [4.78, 5) is 25.6. The highest BCUT2D eigenvalue weighted by Crippen LogP contribution is 2.66. The van der Waals surface area contributed by atoms with E-state index in [2.05, 4.69) is 29.8 Å². The van der Waals surface area contributed by atoms with Crippen molar-refractivity contribution in [3.63, 3.8) is 0 Å². The Bertz CT molecular complexity index is 1120. The second-order valence-electron chi connectivity index (χ2n) is 11.8. The SMILES string of the molecule is C[C@]12C=CC(=O)[N+](C)(c3ccc(Br)cc3C(F)(F)F)[C@@H]1CC[C@@H]1[C@@H]2CC[C@]2(C)[C@@H](C(N)=O)CC[C@@H]12. The Kier molecular flexibility index (Phi) is 5.65. The molecule has 0 bridgehead atoms. The maximum atomic E-state index is 14.2. The van der Waals surface area contributed by atoms with Crippen LogP contribution in [0.15, 0.2) is 34.8 Å². The maximum absolute atomic E-state index is 14.2. The Hall–Kier alpha value is -1.67. The number of amides is 2. The van der Waals surface area contributed by atoms with Crippen LogP contribution >= 0.6 is 15.9 Å². The third kappa shape index (κ3) is 3.41. The lowest BCUT2D eigenvalue weighted by atomic mass is 9.47. The molecule has 190 valence electrons. The van der Waals surface area contributed by atoms with Gasteiger partial charge in [-0.05, 0) is 67.4 Å². The highest BCUT2D eigenvalue weighted by atomic mass is 79.9. The van der Waals surface area contributed by atoms with E-state index >= 15 is 0 Å². The van der Waals surface area contributed by atoms with Gasteiger partial charge < -0.3 is 5.73 Å². The second-order valence-corrected chi connectivity index (χ2v) is 12.7. The van der Waals surface area contributed by atoms with Gasteiger partial charge in [0.2, 0.25) is 5.91 Å². The van der Waals surface area contributed by atoms with Gasteiger partial charge in [0, 0.05) is 34.4 Å². The standard InChI is InChI=1S/C27H32BrF3N2O2/c1-25-12-10-18-16(17(25)6-7-19(25)24(32)35)5-9-22-26(18,2)13-11-23(34)33(22,3)21-8-4-15(28)14-20(21)27(29,30)31/h4,8,11,13-14,16-19,22H,5-7,9-10,12H2,1-3H3,(H-,32,35)/p+1/t16-,17-,18-,19+,22+,25-,26+,33?/m0/s1. The number of quaternary nitrogens is 1. The molecule has 4 aliphatic rings. The maximum Gasteiger partial charge on any atom is 0.422 e. The van der Waals surface area contributed by atoms with E-state index in [9.17, 15) is 22.8 Å². The summed E-state index contributed by atoms with van der Waals surface area (Å²) >= 11 is 3.18. The molecule has 2 amide bonds. The molecule has 1 aromatic carbocycles. The first kappa shape index (κ1) is 25.0. The first-order valence-corrected chi connectivity index (χ1v) is 13.3. The Morgan fingerprint density at radius 2 is 1.83 bits per heavy atom. The van der Waals surface area contributed by atoms with Crippen LogP contribution in [0.1, 0.15) is 57.9 Å². The molecule has 1 aromatic rings. The number of alkyl halides is 3. The van der Waals surface area contributed by atoms with Crippen molar-refractivity contribution in [2.45, 2.75) is 64.6 Å². The van der Waals surface area contributed by atoms with Crippen LogP contribution in [0.3, 0.4) is 0 Å². The van der Waals surface area contributed by atoms with Gasteiger partial charge in [-0.3, -0.25) is 4.79 Å². The average Bonchev–Trinajstić information content (AvgIpc) is 3.13. The third-order valence-corrected chi connectivity index (χ3v) is 11.0. The van der Waals surface area contributed by atoms with Gasteiger partial charge in [-0.1, -0.05) is 35.9 Å². The Morgan fingerprint density at radius 3 is 2.49 bits per heavy atom. The largest absolute Gasteiger partial charge is 0.422 e. The molecule has 0 aromatic heterocycles. The molecule has 1 unspecified atom stereocenters. The van der Waals surface area contributed by atoms with E-state index in [4.69, 9.17) is 5.73 Å². The number of fused-ring (bicyclic) bond motifs is 5. The molecule has 35 heavy (non-hydrogen) atoms. The van der Waals surface area contributed by atoms with E-state index in [-0.39, 0.29) is 45.3 Å². The van der Waals surface area contributed by atoms with Crippen LogP contribution in [0.4, 0.5) is 18.9 Å². The number of nitrogens with zero attached hydrogens (tertiary/aromatic N) is 1. The fraction of sp³-hybridized carbons (Fsp3) is 0.630. The number of carbonyl (C=O) groups is 2. The van der Waals surface area contributed by atoms with Crippen LogP contribution in [-0.2, 0) is 15.8 Å². The number of hydrogen-bond donors (Lipinski definition) is 1. The zero-order valence-corrected chi connectivity index (χ0v) is 22.0. The summed E-state index contributed by atoms with van der Waals surface area (Å²) in [7, 11) is 1.67. The highest BCUT2D eigenvalue weighted by molar-refractivity contribution is 9.10. The molecular weight excluding hydrogens is 521 g/mol. The fourth-order valence-corrected chi connectivity index (χ4v) is 9.23. The second kappa shape index (κ2) is 7.91. The zero-order chi connectivity index (χ0) is 25.6. The molecule has 2 N–H and O–H groups in total. The molecular formula is C27H33BrF3N2O2+. The first-order valence-electron chi connectivity index (χ1n) is 12.5. The van der Waals surface area contributed by atoms with Gasteiger partial charge in [-0.15, -0.1) is 0 Å². The van der Waals surface area contributed by atoms with Gasteiger partial charge in [0.25, 0.3) is 0 Å². The minimum absolute atomic E-state index is 0.0139. The number of carbonyl (C=O) groups excluding carboxylic acids is 2. The van der Waals surface area contributed by atoms with E-state index in [1.165, 1.54) is 12.1 Å². The predicted octanol–water partition coefficient (Wildman–Crippen LogP) is 6.21. The minimum atomic E-state index is -4.57. The molecule has 8 atom stereocenters. The Morgan fingerprint density at radius 1 is 1.11 bits per heavy atom. The van der Waals surface area contributed by atoms with Gasteiger partial charge in [0.1, 0.15) is 11.6 Å². The van der Waals surface area contributed by atoms with Crippen molar-refractivity contribution in [1.82, 2.24) is 4.48 Å². The lowest BCUT2D eigenvalue weighted by Gasteiger charge is -2.61. The molecule has 3 saturated carbocycles. The average molecular weight is 554 g/mol. The molecule has 0 saturated heterocycles. The molecule has 3 aliphatic carbocycles. The Labute approximate surface area is 212 Å². The van der Waals surface area contributed by atoms with Crippen LogP contribution in [0, 0.1) is 34.5 Å². The lowest BCUT2D eigenvalue weighted by Crippen LogP contribution is -2.69. The van der Waals surface area contributed by atoms with E-state index in [0.29, 0.717) is 22.7 Å². The smallest absolute Gasteiger partial charge is 0.369 e. The predicted molar refractivity (Wildman–Crippen MR) is 132 cm³/mol. The lowest BCUT2D eigenvalue weighted by molar-refractivity contribution is -0.145. The van der Waals surface area contributed by atoms with Crippen LogP contribution in [-0.4, -0.2) is 24.9 Å².